The van der Waals surface area contributed by atoms with Gasteiger partial charge in [0.05, 0.1) is 32.5 Å². The van der Waals surface area contributed by atoms with E-state index in [0.717, 1.165) is 11.0 Å². The van der Waals surface area contributed by atoms with Gasteiger partial charge < -0.3 is 14.2 Å². The van der Waals surface area contributed by atoms with Crippen LogP contribution in [0.25, 0.3) is 0 Å². The summed E-state index contributed by atoms with van der Waals surface area (Å²) in [5.74, 6) is -0.121. The van der Waals surface area contributed by atoms with Crippen LogP contribution < -0.4 is 11.2 Å². The Kier molecular flexibility index (Phi) is 8.24. The Bertz CT molecular complexity index is 973. The van der Waals surface area contributed by atoms with Crippen molar-refractivity contribution in [1.82, 2.24) is 9.13 Å². The quantitative estimate of drug-likeness (QED) is 0.418. The van der Waals surface area contributed by atoms with Gasteiger partial charge in [-0.3, -0.25) is 14.2 Å². The first-order valence-corrected chi connectivity index (χ1v) is 14.7. The van der Waals surface area contributed by atoms with Crippen molar-refractivity contribution in [2.45, 2.75) is 105 Å². The van der Waals surface area contributed by atoms with Crippen molar-refractivity contribution in [2.75, 3.05) is 6.61 Å². The number of hydrogen-bond donors (Lipinski definition) is 0. The molecule has 8 nitrogen and oxygen atoms in total. The highest BCUT2D eigenvalue weighted by atomic mass is 28.3. The molecule has 1 saturated heterocycles. The van der Waals surface area contributed by atoms with Gasteiger partial charge in [-0.05, 0) is 60.3 Å². The number of esters is 1. The maximum absolute atomic E-state index is 13.5. The van der Waals surface area contributed by atoms with Gasteiger partial charge in [0.2, 0.25) is 0 Å². The zero-order chi connectivity index (χ0) is 25.4. The van der Waals surface area contributed by atoms with Gasteiger partial charge in [-0.1, -0.05) is 26.9 Å². The van der Waals surface area contributed by atoms with Crippen molar-refractivity contribution < 1.29 is 19.0 Å². The molecule has 0 bridgehead atoms. The van der Waals surface area contributed by atoms with Crippen LogP contribution >= 0.6 is 0 Å². The Hall–Kier alpha value is -1.71. The van der Waals surface area contributed by atoms with Crippen molar-refractivity contribution >= 4 is 14.8 Å². The Labute approximate surface area is 198 Å². The number of aryl methyl sites for hydroxylation is 1. The minimum absolute atomic E-state index is 0.135. The van der Waals surface area contributed by atoms with Gasteiger partial charge >= 0.3 is 11.7 Å². The number of carbonyl (C=O) groups is 1. The minimum atomic E-state index is -1.60. The highest BCUT2D eigenvalue weighted by Gasteiger charge is 2.46. The maximum atomic E-state index is 13.5. The molecule has 2 atom stereocenters. The first-order valence-electron chi connectivity index (χ1n) is 11.9. The maximum Gasteiger partial charge on any atom is 0.335 e. The summed E-state index contributed by atoms with van der Waals surface area (Å²) >= 11 is 0. The van der Waals surface area contributed by atoms with Crippen LogP contribution in [0.2, 0.25) is 13.1 Å². The monoisotopic (exact) mass is 482 g/mol. The van der Waals surface area contributed by atoms with Crippen molar-refractivity contribution in [3.63, 3.8) is 0 Å². The second-order valence-corrected chi connectivity index (χ2v) is 14.6. The number of aromatic nitrogens is 2. The highest BCUT2D eigenvalue weighted by molar-refractivity contribution is 6.58. The summed E-state index contributed by atoms with van der Waals surface area (Å²) in [4.78, 5) is 38.4. The molecule has 0 amide bonds. The van der Waals surface area contributed by atoms with Gasteiger partial charge in [0, 0.05) is 11.8 Å². The summed E-state index contributed by atoms with van der Waals surface area (Å²) in [5.41, 5.74) is -1.58. The van der Waals surface area contributed by atoms with Crippen molar-refractivity contribution in [2.24, 2.45) is 11.3 Å². The lowest BCUT2D eigenvalue weighted by Crippen LogP contribution is -2.55. The van der Waals surface area contributed by atoms with Crippen molar-refractivity contribution in [3.8, 4) is 0 Å². The zero-order valence-electron chi connectivity index (χ0n) is 22.0. The minimum Gasteiger partial charge on any atom is -0.443 e. The van der Waals surface area contributed by atoms with Crippen LogP contribution in [0, 0.1) is 18.3 Å². The third-order valence-corrected chi connectivity index (χ3v) is 9.32. The number of ether oxygens (including phenoxy) is 3. The van der Waals surface area contributed by atoms with E-state index in [1.807, 2.05) is 0 Å². The fourth-order valence-corrected chi connectivity index (χ4v) is 5.65. The lowest BCUT2D eigenvalue weighted by Gasteiger charge is -2.36. The molecule has 2 heterocycles. The van der Waals surface area contributed by atoms with Crippen LogP contribution in [-0.2, 0) is 31.1 Å². The van der Waals surface area contributed by atoms with Gasteiger partial charge in [0.1, 0.15) is 5.35 Å². The van der Waals surface area contributed by atoms with E-state index in [-0.39, 0.29) is 11.7 Å². The lowest BCUT2D eigenvalue weighted by molar-refractivity contribution is -0.157. The van der Waals surface area contributed by atoms with E-state index in [1.54, 1.807) is 38.5 Å². The molecular formula is C24H42N2O6Si. The van der Waals surface area contributed by atoms with Gasteiger partial charge in [-0.2, -0.15) is 0 Å². The molecule has 1 aromatic rings. The Balaban J connectivity index is 2.38. The fraction of sp³-hybridized carbons (Fsp3) is 0.792. The predicted molar refractivity (Wildman–Crippen MR) is 131 cm³/mol. The second-order valence-electron chi connectivity index (χ2n) is 11.4. The molecule has 0 unspecified atom stereocenters. The first-order chi connectivity index (χ1) is 15.0. The van der Waals surface area contributed by atoms with Gasteiger partial charge in [-0.15, -0.1) is 0 Å². The Morgan fingerprint density at radius 1 is 1.24 bits per heavy atom. The lowest BCUT2D eigenvalue weighted by atomic mass is 9.95. The molecule has 1 aliphatic rings. The molecule has 2 rings (SSSR count). The summed E-state index contributed by atoms with van der Waals surface area (Å²) in [5, 5.41) is -0.776. The zero-order valence-corrected chi connectivity index (χ0v) is 23.1. The summed E-state index contributed by atoms with van der Waals surface area (Å²) in [7, 11) is -1.60. The summed E-state index contributed by atoms with van der Waals surface area (Å²) in [6.45, 7) is 19.5. The molecule has 0 N–H and O–H groups in total. The SMILES string of the molecule is Cc1cn([C@@]2([SiH](C)C)CC[C@@H](COC(C)(C)C(C)C)O2)c(=O)n(COC(=O)C(C)(C)C)c1=O. The van der Waals surface area contributed by atoms with Crippen molar-refractivity contribution in [3.05, 3.63) is 32.6 Å². The van der Waals surface area contributed by atoms with Crippen LogP contribution in [0.15, 0.2) is 15.8 Å². The molecule has 0 spiro atoms. The number of carbonyl (C=O) groups excluding carboxylic acids is 1. The van der Waals surface area contributed by atoms with E-state index < -0.39 is 43.5 Å². The van der Waals surface area contributed by atoms with Gasteiger partial charge in [0.15, 0.2) is 6.73 Å². The van der Waals surface area contributed by atoms with Crippen LogP contribution in [-0.4, -0.2) is 42.2 Å². The van der Waals surface area contributed by atoms with Crippen LogP contribution in [0.1, 0.15) is 66.9 Å². The molecule has 0 radical (unpaired) electrons. The molecule has 1 aromatic heterocycles. The van der Waals surface area contributed by atoms with E-state index in [4.69, 9.17) is 14.2 Å². The predicted octanol–water partition coefficient (Wildman–Crippen LogP) is 3.17. The molecule has 33 heavy (non-hydrogen) atoms. The molecule has 1 aliphatic heterocycles. The number of nitrogens with zero attached hydrogens (tertiary/aromatic N) is 2. The van der Waals surface area contributed by atoms with E-state index >= 15 is 0 Å². The summed E-state index contributed by atoms with van der Waals surface area (Å²) < 4.78 is 20.6. The smallest absolute Gasteiger partial charge is 0.335 e. The number of hydrogen-bond acceptors (Lipinski definition) is 6. The fourth-order valence-electron chi connectivity index (χ4n) is 3.70. The standard InChI is InChI=1S/C24H42N2O6Si/c1-16(2)23(7,8)31-14-18-11-12-24(32-18,33(9)10)26-13-17(3)19(27)25(21(26)29)15-30-20(28)22(4,5)6/h13,16,18,33H,11-12,14-15H2,1-10H3/t18-,24-/m0/s1. The molecule has 0 aliphatic carbocycles. The molecule has 0 saturated carbocycles. The molecule has 1 fully saturated rings. The molecule has 0 aromatic carbocycles. The molecular weight excluding hydrogens is 440 g/mol. The average Bonchev–Trinajstić information content (AvgIpc) is 3.13. The average molecular weight is 483 g/mol. The molecule has 188 valence electrons. The molecule has 9 heteroatoms. The van der Waals surface area contributed by atoms with Crippen LogP contribution in [0.3, 0.4) is 0 Å². The normalized spacial score (nSPS) is 21.8. The van der Waals surface area contributed by atoms with E-state index in [2.05, 4.69) is 40.8 Å². The first kappa shape index (κ1) is 27.5. The summed E-state index contributed by atoms with van der Waals surface area (Å²) in [6.07, 6.45) is 2.90. The second kappa shape index (κ2) is 9.88. The highest BCUT2D eigenvalue weighted by Crippen LogP contribution is 2.37. The number of rotatable bonds is 8. The van der Waals surface area contributed by atoms with E-state index in [0.29, 0.717) is 24.5 Å². The van der Waals surface area contributed by atoms with Crippen LogP contribution in [0.4, 0.5) is 0 Å². The van der Waals surface area contributed by atoms with Gasteiger partial charge in [0.25, 0.3) is 5.56 Å². The van der Waals surface area contributed by atoms with Crippen LogP contribution in [0.5, 0.6) is 0 Å². The van der Waals surface area contributed by atoms with Gasteiger partial charge in [-0.25, -0.2) is 9.36 Å². The summed E-state index contributed by atoms with van der Waals surface area (Å²) in [6, 6.07) is 0. The third-order valence-electron chi connectivity index (χ3n) is 6.82. The van der Waals surface area contributed by atoms with E-state index in [1.165, 1.54) is 0 Å². The third kappa shape index (κ3) is 5.86. The van der Waals surface area contributed by atoms with E-state index in [9.17, 15) is 14.4 Å². The van der Waals surface area contributed by atoms with Crippen molar-refractivity contribution in [1.29, 1.82) is 0 Å². The largest absolute Gasteiger partial charge is 0.443 e. The topological polar surface area (TPSA) is 88.8 Å². The Morgan fingerprint density at radius 2 is 1.85 bits per heavy atom. The Morgan fingerprint density at radius 3 is 2.36 bits per heavy atom.